The van der Waals surface area contributed by atoms with Gasteiger partial charge in [0.05, 0.1) is 12.2 Å². The summed E-state index contributed by atoms with van der Waals surface area (Å²) in [7, 11) is 0. The molecule has 4 N–H and O–H groups in total. The highest BCUT2D eigenvalue weighted by atomic mass is 16.2. The van der Waals surface area contributed by atoms with Crippen molar-refractivity contribution in [1.82, 2.24) is 9.55 Å². The van der Waals surface area contributed by atoms with Crippen molar-refractivity contribution in [3.05, 3.63) is 86.6 Å². The molecule has 0 aliphatic carbocycles. The lowest BCUT2D eigenvalue weighted by atomic mass is 10.0. The van der Waals surface area contributed by atoms with Crippen molar-refractivity contribution in [2.24, 2.45) is 11.8 Å². The van der Waals surface area contributed by atoms with E-state index in [9.17, 15) is 19.2 Å². The first-order valence-corrected chi connectivity index (χ1v) is 11.9. The van der Waals surface area contributed by atoms with Gasteiger partial charge in [0.25, 0.3) is 5.56 Å². The molecule has 0 unspecified atom stereocenters. The van der Waals surface area contributed by atoms with Gasteiger partial charge < -0.3 is 16.0 Å². The number of nitrogens with two attached hydrogens (primary N) is 1. The Hall–Kier alpha value is -4.14. The Balaban J connectivity index is 1.92. The SMILES string of the molecule is CC(C)CN(CC(=O)Nc1ccccc1C(=O)c1ccccc1)c1c(N)n(CC(C)C)c(=O)[nH]c1=O. The van der Waals surface area contributed by atoms with Crippen LogP contribution in [0, 0.1) is 11.8 Å². The number of carbonyl (C=O) groups is 2. The first kappa shape index (κ1) is 26.5. The molecule has 1 aromatic heterocycles. The predicted molar refractivity (Wildman–Crippen MR) is 143 cm³/mol. The molecule has 9 nitrogen and oxygen atoms in total. The summed E-state index contributed by atoms with van der Waals surface area (Å²) in [5.41, 5.74) is 6.37. The summed E-state index contributed by atoms with van der Waals surface area (Å²) in [5, 5.41) is 2.81. The quantitative estimate of drug-likeness (QED) is 0.374. The molecule has 190 valence electrons. The van der Waals surface area contributed by atoms with Crippen molar-refractivity contribution in [2.75, 3.05) is 29.0 Å². The third kappa shape index (κ3) is 6.29. The van der Waals surface area contributed by atoms with E-state index in [1.54, 1.807) is 53.4 Å². The van der Waals surface area contributed by atoms with Crippen LogP contribution in [0.15, 0.2) is 64.2 Å². The summed E-state index contributed by atoms with van der Waals surface area (Å²) in [6.45, 7) is 8.25. The number of nitrogens with zero attached hydrogens (tertiary/aromatic N) is 2. The monoisotopic (exact) mass is 491 g/mol. The fraction of sp³-hybridized carbons (Fsp3) is 0.333. The molecular weight excluding hydrogens is 458 g/mol. The van der Waals surface area contributed by atoms with E-state index < -0.39 is 17.2 Å². The zero-order valence-corrected chi connectivity index (χ0v) is 21.1. The van der Waals surface area contributed by atoms with Gasteiger partial charge in [0.1, 0.15) is 11.5 Å². The molecule has 2 aromatic carbocycles. The Morgan fingerprint density at radius 3 is 2.25 bits per heavy atom. The van der Waals surface area contributed by atoms with E-state index in [2.05, 4.69) is 10.3 Å². The molecule has 0 spiro atoms. The second-order valence-electron chi connectivity index (χ2n) is 9.56. The maximum atomic E-state index is 13.2. The van der Waals surface area contributed by atoms with E-state index in [1.165, 1.54) is 4.57 Å². The highest BCUT2D eigenvalue weighted by molar-refractivity contribution is 6.14. The number of hydrogen-bond donors (Lipinski definition) is 3. The second kappa shape index (κ2) is 11.5. The van der Waals surface area contributed by atoms with Crippen LogP contribution in [0.3, 0.4) is 0 Å². The predicted octanol–water partition coefficient (Wildman–Crippen LogP) is 3.11. The molecule has 3 rings (SSSR count). The smallest absolute Gasteiger partial charge is 0.330 e. The van der Waals surface area contributed by atoms with E-state index in [4.69, 9.17) is 5.73 Å². The van der Waals surface area contributed by atoms with Crippen molar-refractivity contribution < 1.29 is 9.59 Å². The minimum atomic E-state index is -0.648. The number of ketones is 1. The number of carbonyl (C=O) groups excluding carboxylic acids is 2. The molecule has 3 aromatic rings. The number of rotatable bonds is 10. The normalized spacial score (nSPS) is 11.1. The van der Waals surface area contributed by atoms with Gasteiger partial charge >= 0.3 is 5.69 Å². The van der Waals surface area contributed by atoms with Crippen LogP contribution in [0.5, 0.6) is 0 Å². The van der Waals surface area contributed by atoms with Gasteiger partial charge in [-0.15, -0.1) is 0 Å². The summed E-state index contributed by atoms with van der Waals surface area (Å²) in [4.78, 5) is 55.3. The first-order chi connectivity index (χ1) is 17.1. The van der Waals surface area contributed by atoms with Crippen LogP contribution in [-0.2, 0) is 11.3 Å². The average molecular weight is 492 g/mol. The lowest BCUT2D eigenvalue weighted by molar-refractivity contribution is -0.115. The van der Waals surface area contributed by atoms with Crippen molar-refractivity contribution in [3.8, 4) is 0 Å². The number of hydrogen-bond acceptors (Lipinski definition) is 6. The van der Waals surface area contributed by atoms with Crippen molar-refractivity contribution >= 4 is 28.9 Å². The van der Waals surface area contributed by atoms with E-state index >= 15 is 0 Å². The lowest BCUT2D eigenvalue weighted by Crippen LogP contribution is -2.43. The van der Waals surface area contributed by atoms with E-state index in [1.807, 2.05) is 33.8 Å². The highest BCUT2D eigenvalue weighted by Crippen LogP contribution is 2.21. The zero-order chi connectivity index (χ0) is 26.4. The number of amides is 1. The molecule has 0 atom stereocenters. The minimum Gasteiger partial charge on any atom is -0.383 e. The van der Waals surface area contributed by atoms with Gasteiger partial charge in [0, 0.05) is 24.2 Å². The number of nitrogen functional groups attached to an aromatic ring is 1. The first-order valence-electron chi connectivity index (χ1n) is 11.9. The summed E-state index contributed by atoms with van der Waals surface area (Å²) >= 11 is 0. The van der Waals surface area contributed by atoms with Crippen molar-refractivity contribution in [1.29, 1.82) is 0 Å². The Labute approximate surface area is 210 Å². The standard InChI is InChI=1S/C27H33N5O4/c1-17(2)14-31(23-25(28)32(15-18(3)4)27(36)30-26(23)35)16-22(33)29-21-13-9-8-12-20(21)24(34)19-10-6-5-7-11-19/h5-13,17-18H,14-16,28H2,1-4H3,(H,29,33)(H,30,35,36). The molecule has 0 aliphatic heterocycles. The second-order valence-corrected chi connectivity index (χ2v) is 9.56. The molecule has 36 heavy (non-hydrogen) atoms. The van der Waals surface area contributed by atoms with Crippen LogP contribution in [0.4, 0.5) is 17.2 Å². The van der Waals surface area contributed by atoms with E-state index in [0.29, 0.717) is 29.9 Å². The molecule has 0 saturated carbocycles. The number of aromatic nitrogens is 2. The highest BCUT2D eigenvalue weighted by Gasteiger charge is 2.23. The summed E-state index contributed by atoms with van der Waals surface area (Å²) in [6, 6.07) is 15.6. The molecule has 0 bridgehead atoms. The van der Waals surface area contributed by atoms with E-state index in [0.717, 1.165) is 0 Å². The Morgan fingerprint density at radius 2 is 1.61 bits per heavy atom. The van der Waals surface area contributed by atoms with Crippen LogP contribution < -0.4 is 27.2 Å². The van der Waals surface area contributed by atoms with Crippen LogP contribution >= 0.6 is 0 Å². The van der Waals surface area contributed by atoms with Crippen LogP contribution in [-0.4, -0.2) is 34.3 Å². The third-order valence-corrected chi connectivity index (χ3v) is 5.48. The fourth-order valence-electron chi connectivity index (χ4n) is 4.00. The summed E-state index contributed by atoms with van der Waals surface area (Å²) in [5.74, 6) is -0.416. The maximum Gasteiger partial charge on any atom is 0.330 e. The van der Waals surface area contributed by atoms with Crippen LogP contribution in [0.1, 0.15) is 43.6 Å². The van der Waals surface area contributed by atoms with Crippen LogP contribution in [0.25, 0.3) is 0 Å². The molecule has 0 aliphatic rings. The summed E-state index contributed by atoms with van der Waals surface area (Å²) in [6.07, 6.45) is 0. The number of benzene rings is 2. The minimum absolute atomic E-state index is 0.0190. The molecule has 1 amide bonds. The Bertz CT molecular complexity index is 1340. The van der Waals surface area contributed by atoms with Gasteiger partial charge in [-0.25, -0.2) is 4.79 Å². The third-order valence-electron chi connectivity index (χ3n) is 5.48. The van der Waals surface area contributed by atoms with Crippen molar-refractivity contribution in [3.63, 3.8) is 0 Å². The van der Waals surface area contributed by atoms with Gasteiger partial charge in [0.2, 0.25) is 5.91 Å². The molecule has 0 fully saturated rings. The molecule has 0 radical (unpaired) electrons. The number of para-hydroxylation sites is 1. The topological polar surface area (TPSA) is 130 Å². The van der Waals surface area contributed by atoms with Gasteiger partial charge in [-0.3, -0.25) is 23.9 Å². The average Bonchev–Trinajstić information content (AvgIpc) is 2.81. The molecule has 0 saturated heterocycles. The summed E-state index contributed by atoms with van der Waals surface area (Å²) < 4.78 is 1.32. The number of H-pyrrole nitrogens is 1. The Kier molecular flexibility index (Phi) is 8.47. The molecule has 9 heteroatoms. The Morgan fingerprint density at radius 1 is 0.972 bits per heavy atom. The van der Waals surface area contributed by atoms with E-state index in [-0.39, 0.29) is 35.7 Å². The number of anilines is 3. The molecular formula is C27H33N5O4. The largest absolute Gasteiger partial charge is 0.383 e. The van der Waals surface area contributed by atoms with Crippen molar-refractivity contribution in [2.45, 2.75) is 34.2 Å². The van der Waals surface area contributed by atoms with Gasteiger partial charge in [-0.2, -0.15) is 0 Å². The molecule has 1 heterocycles. The zero-order valence-electron chi connectivity index (χ0n) is 21.1. The fourth-order valence-corrected chi connectivity index (χ4v) is 4.00. The number of aromatic amines is 1. The number of nitrogens with one attached hydrogen (secondary N) is 2. The van der Waals surface area contributed by atoms with Gasteiger partial charge in [-0.05, 0) is 24.0 Å². The van der Waals surface area contributed by atoms with Gasteiger partial charge in [0.15, 0.2) is 5.78 Å². The maximum absolute atomic E-state index is 13.2. The van der Waals surface area contributed by atoms with Gasteiger partial charge in [-0.1, -0.05) is 70.2 Å². The van der Waals surface area contributed by atoms with Crippen LogP contribution in [0.2, 0.25) is 0 Å². The lowest BCUT2D eigenvalue weighted by Gasteiger charge is -2.27.